The smallest absolute Gasteiger partial charge is 0.233 e. The van der Waals surface area contributed by atoms with E-state index in [-0.39, 0.29) is 29.5 Å². The number of hydrogen-bond donors (Lipinski definition) is 0. The van der Waals surface area contributed by atoms with Gasteiger partial charge in [0.05, 0.1) is 30.9 Å². The standard InChI is InChI=1S/C30H31F2NO3.C10H12O/c1-2-4-21-5-7-22(8-6-21)28-27(29(34)33(28)26-15-13-25(32)14-16-26)17-18-30(35-19-3-20-36-30)23-9-11-24(31)12-10-23;1-9(2)11-8-10-6-4-3-5-7-10/h5-16,27-28H,2-4,17-20H2,1H3;3-7H,1,8H2,2H3/t27-,28?;/m1./s1. The summed E-state index contributed by atoms with van der Waals surface area (Å²) in [4.78, 5) is 15.2. The van der Waals surface area contributed by atoms with Crippen molar-refractivity contribution in [1.29, 1.82) is 0 Å². The molecule has 0 bridgehead atoms. The van der Waals surface area contributed by atoms with Crippen molar-refractivity contribution in [2.24, 2.45) is 5.92 Å². The first-order chi connectivity index (χ1) is 22.8. The molecule has 0 saturated carbocycles. The summed E-state index contributed by atoms with van der Waals surface area (Å²) in [6.45, 7) is 9.35. The van der Waals surface area contributed by atoms with Crippen molar-refractivity contribution in [3.63, 3.8) is 0 Å². The number of halogens is 2. The van der Waals surface area contributed by atoms with Gasteiger partial charge in [-0.05, 0) is 79.3 Å². The van der Waals surface area contributed by atoms with Gasteiger partial charge in [0.2, 0.25) is 5.91 Å². The molecule has 2 aliphatic heterocycles. The van der Waals surface area contributed by atoms with Gasteiger partial charge < -0.3 is 19.1 Å². The van der Waals surface area contributed by atoms with Crippen molar-refractivity contribution in [3.8, 4) is 0 Å². The molecular formula is C40H43F2NO4. The summed E-state index contributed by atoms with van der Waals surface area (Å²) in [6, 6.07) is 30.6. The maximum absolute atomic E-state index is 13.6. The van der Waals surface area contributed by atoms with Gasteiger partial charge in [0.1, 0.15) is 18.2 Å². The average Bonchev–Trinajstić information content (AvgIpc) is 3.09. The Balaban J connectivity index is 0.000000335. The first kappa shape index (κ1) is 34.0. The van der Waals surface area contributed by atoms with E-state index < -0.39 is 5.79 Å². The third-order valence-electron chi connectivity index (χ3n) is 8.53. The Labute approximate surface area is 276 Å². The first-order valence-electron chi connectivity index (χ1n) is 16.3. The molecule has 2 aliphatic rings. The van der Waals surface area contributed by atoms with Crippen LogP contribution in [-0.4, -0.2) is 19.1 Å². The number of β-lactam (4-membered cyclic amide) rings is 1. The Morgan fingerprint density at radius 2 is 1.49 bits per heavy atom. The van der Waals surface area contributed by atoms with Crippen molar-refractivity contribution >= 4 is 11.6 Å². The number of nitrogens with zero attached hydrogens (tertiary/aromatic N) is 1. The quantitative estimate of drug-likeness (QED) is 0.121. The second-order valence-electron chi connectivity index (χ2n) is 12.1. The molecule has 1 amide bonds. The van der Waals surface area contributed by atoms with Crippen LogP contribution < -0.4 is 4.90 Å². The van der Waals surface area contributed by atoms with Crippen LogP contribution in [0.2, 0.25) is 0 Å². The number of allylic oxidation sites excluding steroid dienone is 1. The second kappa shape index (κ2) is 16.0. The van der Waals surface area contributed by atoms with Crippen molar-refractivity contribution in [1.82, 2.24) is 0 Å². The maximum atomic E-state index is 13.6. The molecule has 2 heterocycles. The molecule has 2 fully saturated rings. The number of carbonyl (C=O) groups excluding carboxylic acids is 1. The van der Waals surface area contributed by atoms with Gasteiger partial charge in [-0.15, -0.1) is 0 Å². The molecule has 4 aromatic carbocycles. The molecule has 7 heteroatoms. The minimum Gasteiger partial charge on any atom is -0.494 e. The van der Waals surface area contributed by atoms with Crippen LogP contribution in [0.1, 0.15) is 67.8 Å². The van der Waals surface area contributed by atoms with Crippen LogP contribution in [0.5, 0.6) is 0 Å². The number of amides is 1. The fraction of sp³-hybridized carbons (Fsp3) is 0.325. The Hall–Kier alpha value is -4.33. The van der Waals surface area contributed by atoms with Crippen molar-refractivity contribution in [2.45, 2.75) is 64.4 Å². The number of benzene rings is 4. The van der Waals surface area contributed by atoms with Crippen molar-refractivity contribution in [3.05, 3.63) is 149 Å². The Bertz CT molecular complexity index is 1580. The van der Waals surface area contributed by atoms with E-state index in [0.717, 1.165) is 36.1 Å². The molecule has 2 saturated heterocycles. The van der Waals surface area contributed by atoms with E-state index >= 15 is 0 Å². The normalized spacial score (nSPS) is 18.5. The van der Waals surface area contributed by atoms with Crippen LogP contribution in [0.4, 0.5) is 14.5 Å². The average molecular weight is 640 g/mol. The van der Waals surface area contributed by atoms with Crippen LogP contribution in [-0.2, 0) is 37.8 Å². The van der Waals surface area contributed by atoms with E-state index in [1.807, 2.05) is 37.3 Å². The van der Waals surface area contributed by atoms with Crippen molar-refractivity contribution in [2.75, 3.05) is 18.1 Å². The molecule has 0 aromatic heterocycles. The highest BCUT2D eigenvalue weighted by Gasteiger charge is 2.50. The van der Waals surface area contributed by atoms with Gasteiger partial charge in [-0.2, -0.15) is 0 Å². The third kappa shape index (κ3) is 8.53. The summed E-state index contributed by atoms with van der Waals surface area (Å²) >= 11 is 0. The maximum Gasteiger partial charge on any atom is 0.233 e. The fourth-order valence-corrected chi connectivity index (χ4v) is 6.13. The highest BCUT2D eigenvalue weighted by molar-refractivity contribution is 6.03. The number of anilines is 1. The predicted octanol–water partition coefficient (Wildman–Crippen LogP) is 9.43. The number of aryl methyl sites for hydroxylation is 1. The Morgan fingerprint density at radius 1 is 0.872 bits per heavy atom. The monoisotopic (exact) mass is 639 g/mol. The fourth-order valence-electron chi connectivity index (χ4n) is 6.13. The van der Waals surface area contributed by atoms with Crippen molar-refractivity contribution < 1.29 is 27.8 Å². The van der Waals surface area contributed by atoms with E-state index in [9.17, 15) is 13.6 Å². The first-order valence-corrected chi connectivity index (χ1v) is 16.3. The lowest BCUT2D eigenvalue weighted by Crippen LogP contribution is -2.55. The van der Waals surface area contributed by atoms with Gasteiger partial charge in [-0.3, -0.25) is 4.79 Å². The molecule has 6 rings (SSSR count). The van der Waals surface area contributed by atoms with E-state index in [1.165, 1.54) is 35.4 Å². The molecule has 5 nitrogen and oxygen atoms in total. The number of carbonyl (C=O) groups is 1. The summed E-state index contributed by atoms with van der Waals surface area (Å²) < 4.78 is 44.7. The zero-order chi connectivity index (χ0) is 33.2. The molecule has 0 spiro atoms. The molecule has 0 aliphatic carbocycles. The lowest BCUT2D eigenvalue weighted by Gasteiger charge is -2.49. The van der Waals surface area contributed by atoms with Crippen LogP contribution >= 0.6 is 0 Å². The van der Waals surface area contributed by atoms with Crippen LogP contribution in [0, 0.1) is 17.6 Å². The third-order valence-corrected chi connectivity index (χ3v) is 8.53. The van der Waals surface area contributed by atoms with Crippen LogP contribution in [0.15, 0.2) is 115 Å². The van der Waals surface area contributed by atoms with E-state index in [0.29, 0.717) is 38.3 Å². The van der Waals surface area contributed by atoms with Crippen LogP contribution in [0.3, 0.4) is 0 Å². The Kier molecular flexibility index (Phi) is 11.6. The number of hydrogen-bond acceptors (Lipinski definition) is 4. The summed E-state index contributed by atoms with van der Waals surface area (Å²) in [5, 5.41) is 0. The molecule has 0 N–H and O–H groups in total. The van der Waals surface area contributed by atoms with Gasteiger partial charge in [-0.25, -0.2) is 8.78 Å². The molecule has 47 heavy (non-hydrogen) atoms. The van der Waals surface area contributed by atoms with Gasteiger partial charge in [0, 0.05) is 17.7 Å². The number of rotatable bonds is 11. The molecule has 2 atom stereocenters. The minimum absolute atomic E-state index is 0.00527. The molecule has 1 unspecified atom stereocenters. The van der Waals surface area contributed by atoms with E-state index in [2.05, 4.69) is 37.8 Å². The Morgan fingerprint density at radius 3 is 2.09 bits per heavy atom. The summed E-state index contributed by atoms with van der Waals surface area (Å²) in [5.41, 5.74) is 4.92. The van der Waals surface area contributed by atoms with E-state index in [1.54, 1.807) is 29.2 Å². The highest BCUT2D eigenvalue weighted by Crippen LogP contribution is 2.48. The van der Waals surface area contributed by atoms with Gasteiger partial charge in [0.25, 0.3) is 0 Å². The number of ether oxygens (including phenoxy) is 3. The summed E-state index contributed by atoms with van der Waals surface area (Å²) in [6.07, 6.45) is 3.86. The summed E-state index contributed by atoms with van der Waals surface area (Å²) in [5.74, 6) is -1.18. The molecule has 4 aromatic rings. The topological polar surface area (TPSA) is 48.0 Å². The van der Waals surface area contributed by atoms with Gasteiger partial charge in [-0.1, -0.05) is 86.7 Å². The lowest BCUT2D eigenvalue weighted by atomic mass is 9.77. The summed E-state index contributed by atoms with van der Waals surface area (Å²) in [7, 11) is 0. The zero-order valence-corrected chi connectivity index (χ0v) is 27.2. The predicted molar refractivity (Wildman–Crippen MR) is 180 cm³/mol. The second-order valence-corrected chi connectivity index (χ2v) is 12.1. The highest BCUT2D eigenvalue weighted by atomic mass is 19.1. The lowest BCUT2D eigenvalue weighted by molar-refractivity contribution is -0.281. The van der Waals surface area contributed by atoms with Gasteiger partial charge in [0.15, 0.2) is 5.79 Å². The molecule has 0 radical (unpaired) electrons. The zero-order valence-electron chi connectivity index (χ0n) is 27.2. The largest absolute Gasteiger partial charge is 0.494 e. The van der Waals surface area contributed by atoms with Crippen LogP contribution in [0.25, 0.3) is 0 Å². The van der Waals surface area contributed by atoms with E-state index in [4.69, 9.17) is 14.2 Å². The molecule has 246 valence electrons. The SMILES string of the molecule is C=C(C)OCc1ccccc1.CCCc1ccc(C2[C@@H](CCC3(c4ccc(F)cc4)OCCCO3)C(=O)N2c2ccc(F)cc2)cc1. The minimum atomic E-state index is -1.00. The van der Waals surface area contributed by atoms with Gasteiger partial charge >= 0.3 is 0 Å². The molecular weight excluding hydrogens is 596 g/mol.